The van der Waals surface area contributed by atoms with Gasteiger partial charge >= 0.3 is 0 Å². The summed E-state index contributed by atoms with van der Waals surface area (Å²) >= 11 is 5.44. The van der Waals surface area contributed by atoms with Crippen LogP contribution in [0.5, 0.6) is 5.75 Å². The Kier molecular flexibility index (Phi) is 2.87. The number of hydrogen-bond donors (Lipinski definition) is 0. The molecule has 0 saturated heterocycles. The second-order valence-corrected chi connectivity index (χ2v) is 2.64. The van der Waals surface area contributed by atoms with Crippen molar-refractivity contribution in [2.45, 2.75) is 13.8 Å². The first kappa shape index (κ1) is 9.26. The van der Waals surface area contributed by atoms with Gasteiger partial charge in [0.2, 0.25) is 0 Å². The van der Waals surface area contributed by atoms with Crippen LogP contribution in [0.3, 0.4) is 0 Å². The molecule has 0 unspecified atom stereocenters. The van der Waals surface area contributed by atoms with E-state index in [1.807, 2.05) is 6.92 Å². The van der Waals surface area contributed by atoms with Gasteiger partial charge in [-0.15, -0.1) is 0 Å². The summed E-state index contributed by atoms with van der Waals surface area (Å²) in [6.07, 6.45) is 1.42. The third-order valence-electron chi connectivity index (χ3n) is 1.47. The Morgan fingerprint density at radius 3 is 2.92 bits per heavy atom. The second-order valence-electron chi connectivity index (χ2n) is 2.29. The van der Waals surface area contributed by atoms with Crippen LogP contribution in [-0.4, -0.2) is 11.6 Å². The first-order valence-electron chi connectivity index (χ1n) is 3.60. The monoisotopic (exact) mass is 189 g/mol. The summed E-state index contributed by atoms with van der Waals surface area (Å²) in [4.78, 5) is 3.62. The molecular weight excluding hydrogens is 181 g/mol. The third-order valence-corrected chi connectivity index (χ3v) is 1.74. The minimum Gasteiger partial charge on any atom is -0.492 e. The normalized spacial score (nSPS) is 10.0. The average Bonchev–Trinajstić information content (AvgIpc) is 2.07. The topological polar surface area (TPSA) is 22.1 Å². The molecule has 0 spiro atoms. The predicted molar refractivity (Wildman–Crippen MR) is 45.1 cm³/mol. The number of pyridine rings is 1. The summed E-state index contributed by atoms with van der Waals surface area (Å²) in [5, 5.41) is -0.115. The Bertz CT molecular complexity index is 291. The Labute approximate surface area is 75.3 Å². The van der Waals surface area contributed by atoms with Crippen molar-refractivity contribution in [3.8, 4) is 5.75 Å². The Balaban J connectivity index is 3.08. The molecule has 12 heavy (non-hydrogen) atoms. The molecule has 0 radical (unpaired) electrons. The zero-order valence-electron chi connectivity index (χ0n) is 6.90. The minimum atomic E-state index is -0.511. The zero-order valence-corrected chi connectivity index (χ0v) is 7.65. The Morgan fingerprint density at radius 2 is 2.33 bits per heavy atom. The lowest BCUT2D eigenvalue weighted by atomic mass is 10.3. The van der Waals surface area contributed by atoms with Gasteiger partial charge in [-0.1, -0.05) is 11.6 Å². The molecule has 1 aromatic rings. The molecule has 0 bridgehead atoms. The highest BCUT2D eigenvalue weighted by molar-refractivity contribution is 6.29. The van der Waals surface area contributed by atoms with Crippen molar-refractivity contribution in [3.63, 3.8) is 0 Å². The molecule has 0 N–H and O–H groups in total. The van der Waals surface area contributed by atoms with Gasteiger partial charge in [0.05, 0.1) is 12.8 Å². The summed E-state index contributed by atoms with van der Waals surface area (Å²) in [7, 11) is 0. The highest BCUT2D eigenvalue weighted by atomic mass is 35.5. The van der Waals surface area contributed by atoms with Gasteiger partial charge in [-0.05, 0) is 13.8 Å². The summed E-state index contributed by atoms with van der Waals surface area (Å²) in [6.45, 7) is 3.92. The van der Waals surface area contributed by atoms with Crippen LogP contribution in [0.15, 0.2) is 6.20 Å². The van der Waals surface area contributed by atoms with Crippen molar-refractivity contribution in [2.24, 2.45) is 0 Å². The van der Waals surface area contributed by atoms with E-state index in [4.69, 9.17) is 16.3 Å². The fourth-order valence-electron chi connectivity index (χ4n) is 0.833. The molecule has 0 aliphatic carbocycles. The van der Waals surface area contributed by atoms with Crippen LogP contribution in [-0.2, 0) is 0 Å². The van der Waals surface area contributed by atoms with Gasteiger partial charge in [0.1, 0.15) is 5.75 Å². The molecule has 4 heteroatoms. The van der Waals surface area contributed by atoms with Crippen LogP contribution in [0.2, 0.25) is 5.15 Å². The van der Waals surface area contributed by atoms with Gasteiger partial charge < -0.3 is 4.74 Å². The van der Waals surface area contributed by atoms with E-state index < -0.39 is 5.82 Å². The number of nitrogens with zero attached hydrogens (tertiary/aromatic N) is 1. The van der Waals surface area contributed by atoms with Crippen LogP contribution < -0.4 is 4.74 Å². The predicted octanol–water partition coefficient (Wildman–Crippen LogP) is 2.58. The quantitative estimate of drug-likeness (QED) is 0.668. The Morgan fingerprint density at radius 1 is 1.67 bits per heavy atom. The smallest absolute Gasteiger partial charge is 0.167 e. The van der Waals surface area contributed by atoms with Gasteiger partial charge in [0.15, 0.2) is 11.0 Å². The van der Waals surface area contributed by atoms with Gasteiger partial charge in [-0.2, -0.15) is 0 Å². The van der Waals surface area contributed by atoms with E-state index in [2.05, 4.69) is 4.98 Å². The second kappa shape index (κ2) is 3.72. The minimum absolute atomic E-state index is 0.115. The molecule has 0 aliphatic rings. The molecule has 0 aromatic carbocycles. The maximum Gasteiger partial charge on any atom is 0.167 e. The van der Waals surface area contributed by atoms with E-state index in [-0.39, 0.29) is 5.15 Å². The van der Waals surface area contributed by atoms with Crippen LogP contribution in [0.1, 0.15) is 12.5 Å². The lowest BCUT2D eigenvalue weighted by Crippen LogP contribution is -1.97. The number of aromatic nitrogens is 1. The van der Waals surface area contributed by atoms with E-state index in [1.165, 1.54) is 6.20 Å². The van der Waals surface area contributed by atoms with Crippen LogP contribution in [0.4, 0.5) is 4.39 Å². The van der Waals surface area contributed by atoms with E-state index in [9.17, 15) is 4.39 Å². The van der Waals surface area contributed by atoms with Gasteiger partial charge in [0.25, 0.3) is 0 Å². The maximum atomic E-state index is 13.0. The van der Waals surface area contributed by atoms with Crippen LogP contribution >= 0.6 is 11.6 Å². The van der Waals surface area contributed by atoms with Crippen molar-refractivity contribution in [3.05, 3.63) is 22.7 Å². The number of ether oxygens (including phenoxy) is 1. The Hall–Kier alpha value is -0.830. The van der Waals surface area contributed by atoms with Crippen molar-refractivity contribution in [1.29, 1.82) is 0 Å². The first-order chi connectivity index (χ1) is 5.66. The van der Waals surface area contributed by atoms with Crippen molar-refractivity contribution >= 4 is 11.6 Å². The molecule has 1 aromatic heterocycles. The molecule has 1 heterocycles. The van der Waals surface area contributed by atoms with Crippen molar-refractivity contribution in [1.82, 2.24) is 4.98 Å². The largest absolute Gasteiger partial charge is 0.492 e. The zero-order chi connectivity index (χ0) is 9.14. The van der Waals surface area contributed by atoms with E-state index in [1.54, 1.807) is 6.92 Å². The summed E-state index contributed by atoms with van der Waals surface area (Å²) < 4.78 is 18.2. The van der Waals surface area contributed by atoms with E-state index >= 15 is 0 Å². The SMILES string of the molecule is CCOc1cnc(Cl)c(F)c1C. The molecule has 2 nitrogen and oxygen atoms in total. The number of hydrogen-bond acceptors (Lipinski definition) is 2. The highest BCUT2D eigenvalue weighted by Gasteiger charge is 2.09. The lowest BCUT2D eigenvalue weighted by molar-refractivity contribution is 0.333. The van der Waals surface area contributed by atoms with Crippen molar-refractivity contribution < 1.29 is 9.13 Å². The third kappa shape index (κ3) is 1.67. The fraction of sp³-hybridized carbons (Fsp3) is 0.375. The van der Waals surface area contributed by atoms with Crippen LogP contribution in [0, 0.1) is 12.7 Å². The van der Waals surface area contributed by atoms with Gasteiger partial charge in [0, 0.05) is 5.56 Å². The standard InChI is InChI=1S/C8H9ClFNO/c1-3-12-6-4-11-8(9)7(10)5(6)2/h4H,3H2,1-2H3. The number of rotatable bonds is 2. The van der Waals surface area contributed by atoms with Gasteiger partial charge in [-0.25, -0.2) is 9.37 Å². The van der Waals surface area contributed by atoms with Crippen LogP contribution in [0.25, 0.3) is 0 Å². The summed E-state index contributed by atoms with van der Waals surface area (Å²) in [5.41, 5.74) is 0.400. The molecule has 0 amide bonds. The van der Waals surface area contributed by atoms with E-state index in [0.29, 0.717) is 17.9 Å². The average molecular weight is 190 g/mol. The maximum absolute atomic E-state index is 13.0. The number of halogens is 2. The van der Waals surface area contributed by atoms with Crippen molar-refractivity contribution in [2.75, 3.05) is 6.61 Å². The first-order valence-corrected chi connectivity index (χ1v) is 3.98. The fourth-order valence-corrected chi connectivity index (χ4v) is 1.02. The molecular formula is C8H9ClFNO. The summed E-state index contributed by atoms with van der Waals surface area (Å²) in [6, 6.07) is 0. The molecule has 0 saturated carbocycles. The summed E-state index contributed by atoms with van der Waals surface area (Å²) in [5.74, 6) is -0.0676. The molecule has 0 aliphatic heterocycles. The van der Waals surface area contributed by atoms with E-state index in [0.717, 1.165) is 0 Å². The molecule has 1 rings (SSSR count). The molecule has 0 fully saturated rings. The van der Waals surface area contributed by atoms with Gasteiger partial charge in [-0.3, -0.25) is 0 Å². The highest BCUT2D eigenvalue weighted by Crippen LogP contribution is 2.23. The lowest BCUT2D eigenvalue weighted by Gasteiger charge is -2.06. The molecule has 66 valence electrons. The molecule has 0 atom stereocenters.